The molecule has 7 heteroatoms. The van der Waals surface area contributed by atoms with Crippen molar-refractivity contribution >= 4 is 5.82 Å². The summed E-state index contributed by atoms with van der Waals surface area (Å²) in [5.74, 6) is 1.10. The fourth-order valence-electron chi connectivity index (χ4n) is 2.04. The Kier molecular flexibility index (Phi) is 3.02. The Labute approximate surface area is 120 Å². The maximum atomic E-state index is 9.80. The molecule has 1 aromatic carbocycles. The molecular weight excluding hydrogens is 270 g/mol. The molecule has 0 aliphatic carbocycles. The highest BCUT2D eigenvalue weighted by molar-refractivity contribution is 5.65. The standard InChI is InChI=1S/C14H13N5O2/c1-7-5-9(6-8(2)11(7)20)13-18-14(21-19-13)10-12(15)17-4-3-16-10/h3-6,20H,1-2H3,(H2,15,17). The van der Waals surface area contributed by atoms with Gasteiger partial charge in [-0.2, -0.15) is 4.98 Å². The van der Waals surface area contributed by atoms with E-state index in [4.69, 9.17) is 10.3 Å². The Morgan fingerprint density at radius 1 is 1.10 bits per heavy atom. The quantitative estimate of drug-likeness (QED) is 0.740. The number of hydrogen-bond donors (Lipinski definition) is 2. The molecule has 0 saturated heterocycles. The molecule has 106 valence electrons. The second kappa shape index (κ2) is 4.86. The fourth-order valence-corrected chi connectivity index (χ4v) is 2.04. The number of rotatable bonds is 2. The van der Waals surface area contributed by atoms with Gasteiger partial charge in [0.05, 0.1) is 0 Å². The fraction of sp³-hybridized carbons (Fsp3) is 0.143. The molecule has 0 radical (unpaired) electrons. The van der Waals surface area contributed by atoms with E-state index in [1.54, 1.807) is 12.1 Å². The predicted octanol–water partition coefficient (Wildman–Crippen LogP) is 2.10. The van der Waals surface area contributed by atoms with E-state index in [9.17, 15) is 5.11 Å². The Morgan fingerprint density at radius 3 is 2.43 bits per heavy atom. The summed E-state index contributed by atoms with van der Waals surface area (Å²) in [5.41, 5.74) is 8.33. The molecule has 7 nitrogen and oxygen atoms in total. The largest absolute Gasteiger partial charge is 0.507 e. The number of hydrogen-bond acceptors (Lipinski definition) is 7. The van der Waals surface area contributed by atoms with Crippen LogP contribution in [-0.4, -0.2) is 25.2 Å². The predicted molar refractivity (Wildman–Crippen MR) is 76.3 cm³/mol. The van der Waals surface area contributed by atoms with Crippen LogP contribution in [0.2, 0.25) is 0 Å². The number of nitrogens with two attached hydrogens (primary N) is 1. The van der Waals surface area contributed by atoms with Crippen molar-refractivity contribution in [2.75, 3.05) is 5.73 Å². The molecule has 0 aliphatic rings. The van der Waals surface area contributed by atoms with E-state index in [2.05, 4.69) is 20.1 Å². The van der Waals surface area contributed by atoms with Crippen molar-refractivity contribution in [2.24, 2.45) is 0 Å². The number of nitrogen functional groups attached to an aromatic ring is 1. The topological polar surface area (TPSA) is 111 Å². The summed E-state index contributed by atoms with van der Waals surface area (Å²) in [6.45, 7) is 3.63. The summed E-state index contributed by atoms with van der Waals surface area (Å²) in [6.07, 6.45) is 2.99. The third-order valence-corrected chi connectivity index (χ3v) is 3.10. The third-order valence-electron chi connectivity index (χ3n) is 3.10. The Balaban J connectivity index is 2.05. The second-order valence-electron chi connectivity index (χ2n) is 4.67. The van der Waals surface area contributed by atoms with Crippen LogP contribution < -0.4 is 5.73 Å². The number of benzene rings is 1. The molecule has 21 heavy (non-hydrogen) atoms. The molecule has 2 aromatic heterocycles. The molecule has 3 aromatic rings. The lowest BCUT2D eigenvalue weighted by atomic mass is 10.1. The monoisotopic (exact) mass is 283 g/mol. The summed E-state index contributed by atoms with van der Waals surface area (Å²) in [7, 11) is 0. The van der Waals surface area contributed by atoms with Crippen LogP contribution in [0.1, 0.15) is 11.1 Å². The lowest BCUT2D eigenvalue weighted by Crippen LogP contribution is -1.96. The number of aromatic hydroxyl groups is 1. The molecule has 0 atom stereocenters. The number of nitrogens with zero attached hydrogens (tertiary/aromatic N) is 4. The molecule has 0 aliphatic heterocycles. The number of phenolic OH excluding ortho intramolecular Hbond substituents is 1. The summed E-state index contributed by atoms with van der Waals surface area (Å²) in [6, 6.07) is 3.58. The van der Waals surface area contributed by atoms with E-state index in [1.165, 1.54) is 12.4 Å². The summed E-state index contributed by atoms with van der Waals surface area (Å²) >= 11 is 0. The number of phenols is 1. The van der Waals surface area contributed by atoms with Crippen LogP contribution in [0.5, 0.6) is 5.75 Å². The van der Waals surface area contributed by atoms with Crippen molar-refractivity contribution in [3.8, 4) is 28.7 Å². The molecule has 0 bridgehead atoms. The van der Waals surface area contributed by atoms with E-state index in [1.807, 2.05) is 13.8 Å². The minimum atomic E-state index is 0.207. The van der Waals surface area contributed by atoms with Crippen LogP contribution in [0.3, 0.4) is 0 Å². The minimum absolute atomic E-state index is 0.207. The van der Waals surface area contributed by atoms with Crippen LogP contribution >= 0.6 is 0 Å². The minimum Gasteiger partial charge on any atom is -0.507 e. The molecule has 0 fully saturated rings. The van der Waals surface area contributed by atoms with Gasteiger partial charge in [-0.05, 0) is 37.1 Å². The highest BCUT2D eigenvalue weighted by atomic mass is 16.5. The van der Waals surface area contributed by atoms with Crippen LogP contribution in [-0.2, 0) is 0 Å². The van der Waals surface area contributed by atoms with Crippen LogP contribution in [0.15, 0.2) is 29.0 Å². The average Bonchev–Trinajstić information content (AvgIpc) is 2.94. The maximum absolute atomic E-state index is 9.80. The van der Waals surface area contributed by atoms with Crippen LogP contribution in [0, 0.1) is 13.8 Å². The molecule has 0 amide bonds. The van der Waals surface area contributed by atoms with Crippen molar-refractivity contribution in [1.29, 1.82) is 0 Å². The highest BCUT2D eigenvalue weighted by Crippen LogP contribution is 2.29. The Morgan fingerprint density at radius 2 is 1.76 bits per heavy atom. The molecule has 0 spiro atoms. The first-order valence-corrected chi connectivity index (χ1v) is 6.27. The van der Waals surface area contributed by atoms with Gasteiger partial charge in [-0.25, -0.2) is 9.97 Å². The third kappa shape index (κ3) is 2.29. The van der Waals surface area contributed by atoms with E-state index < -0.39 is 0 Å². The Bertz CT molecular complexity index is 790. The van der Waals surface area contributed by atoms with Crippen molar-refractivity contribution in [2.45, 2.75) is 13.8 Å². The molecule has 0 saturated carbocycles. The zero-order valence-electron chi connectivity index (χ0n) is 11.5. The van der Waals surface area contributed by atoms with E-state index >= 15 is 0 Å². The first-order valence-electron chi connectivity index (χ1n) is 6.27. The molecule has 3 rings (SSSR count). The van der Waals surface area contributed by atoms with Gasteiger partial charge >= 0.3 is 0 Å². The highest BCUT2D eigenvalue weighted by Gasteiger charge is 2.16. The SMILES string of the molecule is Cc1cc(-c2noc(-c3nccnc3N)n2)cc(C)c1O. The van der Waals surface area contributed by atoms with Crippen molar-refractivity contribution in [1.82, 2.24) is 20.1 Å². The smallest absolute Gasteiger partial charge is 0.280 e. The first kappa shape index (κ1) is 13.0. The van der Waals surface area contributed by atoms with Crippen molar-refractivity contribution in [3.63, 3.8) is 0 Å². The van der Waals surface area contributed by atoms with E-state index in [0.29, 0.717) is 11.5 Å². The van der Waals surface area contributed by atoms with Gasteiger partial charge in [0.25, 0.3) is 5.89 Å². The Hall–Kier alpha value is -2.96. The van der Waals surface area contributed by atoms with Gasteiger partial charge in [0.15, 0.2) is 11.5 Å². The van der Waals surface area contributed by atoms with E-state index in [-0.39, 0.29) is 17.5 Å². The number of aromatic nitrogens is 4. The normalized spacial score (nSPS) is 10.8. The van der Waals surface area contributed by atoms with Gasteiger partial charge in [-0.1, -0.05) is 5.16 Å². The van der Waals surface area contributed by atoms with Gasteiger partial charge in [0.2, 0.25) is 5.82 Å². The summed E-state index contributed by atoms with van der Waals surface area (Å²) in [4.78, 5) is 12.3. The maximum Gasteiger partial charge on any atom is 0.280 e. The second-order valence-corrected chi connectivity index (χ2v) is 4.67. The number of aryl methyl sites for hydroxylation is 2. The van der Waals surface area contributed by atoms with Crippen molar-refractivity contribution < 1.29 is 9.63 Å². The molecular formula is C14H13N5O2. The molecule has 2 heterocycles. The van der Waals surface area contributed by atoms with Crippen LogP contribution in [0.25, 0.3) is 23.0 Å². The lowest BCUT2D eigenvalue weighted by Gasteiger charge is -2.04. The van der Waals surface area contributed by atoms with Crippen molar-refractivity contribution in [3.05, 3.63) is 35.7 Å². The van der Waals surface area contributed by atoms with Gasteiger partial charge < -0.3 is 15.4 Å². The van der Waals surface area contributed by atoms with E-state index in [0.717, 1.165) is 16.7 Å². The molecule has 0 unspecified atom stereocenters. The van der Waals surface area contributed by atoms with Gasteiger partial charge in [0.1, 0.15) is 5.75 Å². The summed E-state index contributed by atoms with van der Waals surface area (Å²) < 4.78 is 5.19. The number of anilines is 1. The van der Waals surface area contributed by atoms with Crippen LogP contribution in [0.4, 0.5) is 5.82 Å². The summed E-state index contributed by atoms with van der Waals surface area (Å²) in [5, 5.41) is 13.7. The zero-order chi connectivity index (χ0) is 15.0. The zero-order valence-corrected chi connectivity index (χ0v) is 11.5. The first-order chi connectivity index (χ1) is 10.1. The van der Waals surface area contributed by atoms with Gasteiger partial charge in [-0.15, -0.1) is 0 Å². The lowest BCUT2D eigenvalue weighted by molar-refractivity contribution is 0.431. The molecule has 3 N–H and O–H groups in total. The van der Waals surface area contributed by atoms with Gasteiger partial charge in [-0.3, -0.25) is 0 Å². The average molecular weight is 283 g/mol. The van der Waals surface area contributed by atoms with Gasteiger partial charge in [0, 0.05) is 18.0 Å².